The molecule has 0 aliphatic rings. The van der Waals surface area contributed by atoms with Crippen LogP contribution in [-0.4, -0.2) is 11.2 Å². The van der Waals surface area contributed by atoms with Gasteiger partial charge in [-0.05, 0) is 17.7 Å². The second-order valence-corrected chi connectivity index (χ2v) is 4.83. The lowest BCUT2D eigenvalue weighted by Crippen LogP contribution is -2.29. The lowest BCUT2D eigenvalue weighted by Gasteiger charge is -2.20. The number of hydrogen-bond donors (Lipinski definition) is 2. The molecule has 0 spiro atoms. The lowest BCUT2D eigenvalue weighted by molar-refractivity contribution is 0.143. The summed E-state index contributed by atoms with van der Waals surface area (Å²) in [6, 6.07) is 12.9. The SMILES string of the molecule is N[C@H](c1c(F)cccc1Cl)[C@@H](O)Cc1ccccc1. The van der Waals surface area contributed by atoms with Gasteiger partial charge in [0.15, 0.2) is 0 Å². The summed E-state index contributed by atoms with van der Waals surface area (Å²) in [6.07, 6.45) is -0.538. The van der Waals surface area contributed by atoms with Crippen molar-refractivity contribution in [2.24, 2.45) is 5.73 Å². The molecule has 0 bridgehead atoms. The highest BCUT2D eigenvalue weighted by Crippen LogP contribution is 2.27. The highest BCUT2D eigenvalue weighted by Gasteiger charge is 2.22. The van der Waals surface area contributed by atoms with Crippen LogP contribution in [0.3, 0.4) is 0 Å². The van der Waals surface area contributed by atoms with Crippen molar-refractivity contribution in [3.05, 3.63) is 70.5 Å². The smallest absolute Gasteiger partial charge is 0.129 e. The van der Waals surface area contributed by atoms with E-state index >= 15 is 0 Å². The van der Waals surface area contributed by atoms with Crippen molar-refractivity contribution in [3.8, 4) is 0 Å². The number of halogens is 2. The Hall–Kier alpha value is -1.42. The first-order valence-electron chi connectivity index (χ1n) is 6.01. The van der Waals surface area contributed by atoms with E-state index in [-0.39, 0.29) is 10.6 Å². The summed E-state index contributed by atoms with van der Waals surface area (Å²) in [4.78, 5) is 0. The molecule has 0 saturated heterocycles. The number of aliphatic hydroxyl groups excluding tert-OH is 1. The zero-order valence-electron chi connectivity index (χ0n) is 10.3. The number of aliphatic hydroxyl groups is 1. The first-order valence-corrected chi connectivity index (χ1v) is 6.39. The van der Waals surface area contributed by atoms with Crippen LogP contribution in [-0.2, 0) is 6.42 Å². The van der Waals surface area contributed by atoms with Crippen molar-refractivity contribution in [3.63, 3.8) is 0 Å². The summed E-state index contributed by atoms with van der Waals surface area (Å²) in [7, 11) is 0. The van der Waals surface area contributed by atoms with Gasteiger partial charge in [-0.15, -0.1) is 0 Å². The van der Waals surface area contributed by atoms with Crippen LogP contribution in [0.2, 0.25) is 5.02 Å². The van der Waals surface area contributed by atoms with E-state index in [1.807, 2.05) is 30.3 Å². The number of rotatable bonds is 4. The fourth-order valence-corrected chi connectivity index (χ4v) is 2.29. The third-order valence-electron chi connectivity index (χ3n) is 3.04. The Kier molecular flexibility index (Phi) is 4.53. The summed E-state index contributed by atoms with van der Waals surface area (Å²) in [5, 5.41) is 10.4. The summed E-state index contributed by atoms with van der Waals surface area (Å²) in [5.41, 5.74) is 7.02. The molecule has 2 rings (SSSR count). The Morgan fingerprint density at radius 3 is 2.42 bits per heavy atom. The van der Waals surface area contributed by atoms with Gasteiger partial charge in [-0.3, -0.25) is 0 Å². The maximum absolute atomic E-state index is 13.7. The minimum atomic E-state index is -0.892. The van der Waals surface area contributed by atoms with Crippen LogP contribution in [0.4, 0.5) is 4.39 Å². The predicted octanol–water partition coefficient (Wildman–Crippen LogP) is 3.08. The van der Waals surface area contributed by atoms with Gasteiger partial charge in [-0.2, -0.15) is 0 Å². The molecule has 19 heavy (non-hydrogen) atoms. The van der Waals surface area contributed by atoms with Gasteiger partial charge in [0.25, 0.3) is 0 Å². The summed E-state index contributed by atoms with van der Waals surface area (Å²) >= 11 is 5.94. The highest BCUT2D eigenvalue weighted by molar-refractivity contribution is 6.31. The second-order valence-electron chi connectivity index (χ2n) is 4.42. The van der Waals surface area contributed by atoms with E-state index in [0.717, 1.165) is 5.56 Å². The molecule has 0 aromatic heterocycles. The third-order valence-corrected chi connectivity index (χ3v) is 3.36. The normalized spacial score (nSPS) is 14.1. The summed E-state index contributed by atoms with van der Waals surface area (Å²) < 4.78 is 13.7. The first-order chi connectivity index (χ1) is 9.09. The van der Waals surface area contributed by atoms with Crippen LogP contribution >= 0.6 is 11.6 Å². The fraction of sp³-hybridized carbons (Fsp3) is 0.200. The molecule has 3 N–H and O–H groups in total. The molecule has 2 nitrogen and oxygen atoms in total. The van der Waals surface area contributed by atoms with E-state index in [4.69, 9.17) is 17.3 Å². The van der Waals surface area contributed by atoms with Crippen molar-refractivity contribution in [2.75, 3.05) is 0 Å². The standard InChI is InChI=1S/C15H15ClFNO/c16-11-7-4-8-12(17)14(11)15(18)13(19)9-10-5-2-1-3-6-10/h1-8,13,15,19H,9,18H2/t13-,15-/m0/s1. The average Bonchev–Trinajstić information content (AvgIpc) is 2.39. The largest absolute Gasteiger partial charge is 0.391 e. The van der Waals surface area contributed by atoms with Crippen molar-refractivity contribution >= 4 is 11.6 Å². The average molecular weight is 280 g/mol. The lowest BCUT2D eigenvalue weighted by atomic mass is 9.96. The maximum atomic E-state index is 13.7. The maximum Gasteiger partial charge on any atom is 0.129 e. The van der Waals surface area contributed by atoms with Crippen LogP contribution in [0.15, 0.2) is 48.5 Å². The topological polar surface area (TPSA) is 46.2 Å². The molecule has 0 amide bonds. The van der Waals surface area contributed by atoms with E-state index in [1.54, 1.807) is 6.07 Å². The molecule has 0 heterocycles. The molecule has 0 fully saturated rings. The van der Waals surface area contributed by atoms with E-state index in [9.17, 15) is 9.50 Å². The van der Waals surface area contributed by atoms with Gasteiger partial charge >= 0.3 is 0 Å². The van der Waals surface area contributed by atoms with Gasteiger partial charge in [0.05, 0.1) is 12.1 Å². The molecule has 0 radical (unpaired) electrons. The van der Waals surface area contributed by atoms with Crippen molar-refractivity contribution in [2.45, 2.75) is 18.6 Å². The zero-order valence-corrected chi connectivity index (χ0v) is 11.0. The fourth-order valence-electron chi connectivity index (χ4n) is 2.00. The molecule has 0 saturated carbocycles. The van der Waals surface area contributed by atoms with Crippen LogP contribution in [0.1, 0.15) is 17.2 Å². The number of nitrogens with two attached hydrogens (primary N) is 1. The molecule has 2 aromatic rings. The Bertz CT molecular complexity index is 527. The van der Waals surface area contributed by atoms with E-state index in [2.05, 4.69) is 0 Å². The first kappa shape index (κ1) is 14.0. The van der Waals surface area contributed by atoms with Gasteiger partial charge in [0.1, 0.15) is 5.82 Å². The third kappa shape index (κ3) is 3.32. The molecule has 100 valence electrons. The Balaban J connectivity index is 2.17. The highest BCUT2D eigenvalue weighted by atomic mass is 35.5. The van der Waals surface area contributed by atoms with Crippen LogP contribution < -0.4 is 5.73 Å². The molecular weight excluding hydrogens is 265 g/mol. The van der Waals surface area contributed by atoms with Crippen molar-refractivity contribution in [1.29, 1.82) is 0 Å². The quantitative estimate of drug-likeness (QED) is 0.903. The minimum absolute atomic E-state index is 0.160. The van der Waals surface area contributed by atoms with Crippen LogP contribution in [0, 0.1) is 5.82 Å². The Morgan fingerprint density at radius 2 is 1.79 bits per heavy atom. The Labute approximate surface area is 116 Å². The van der Waals surface area contributed by atoms with Gasteiger partial charge < -0.3 is 10.8 Å². The van der Waals surface area contributed by atoms with E-state index < -0.39 is 18.0 Å². The van der Waals surface area contributed by atoms with Gasteiger partial charge in [-0.25, -0.2) is 4.39 Å². The molecule has 0 unspecified atom stereocenters. The van der Waals surface area contributed by atoms with Crippen molar-refractivity contribution in [1.82, 2.24) is 0 Å². The van der Waals surface area contributed by atoms with Crippen LogP contribution in [0.25, 0.3) is 0 Å². The summed E-state index contributed by atoms with van der Waals surface area (Å²) in [5.74, 6) is -0.493. The molecule has 2 aromatic carbocycles. The molecule has 4 heteroatoms. The van der Waals surface area contributed by atoms with E-state index in [0.29, 0.717) is 6.42 Å². The number of hydrogen-bond acceptors (Lipinski definition) is 2. The summed E-state index contributed by atoms with van der Waals surface area (Å²) in [6.45, 7) is 0. The van der Waals surface area contributed by atoms with Gasteiger partial charge in [0, 0.05) is 17.0 Å². The van der Waals surface area contributed by atoms with E-state index in [1.165, 1.54) is 12.1 Å². The zero-order chi connectivity index (χ0) is 13.8. The Morgan fingerprint density at radius 1 is 1.11 bits per heavy atom. The van der Waals surface area contributed by atoms with Crippen molar-refractivity contribution < 1.29 is 9.50 Å². The van der Waals surface area contributed by atoms with Gasteiger partial charge in [-0.1, -0.05) is 48.0 Å². The molecular formula is C15H15ClFNO. The monoisotopic (exact) mass is 279 g/mol. The van der Waals surface area contributed by atoms with Crippen LogP contribution in [0.5, 0.6) is 0 Å². The molecule has 0 aliphatic carbocycles. The molecule has 2 atom stereocenters. The minimum Gasteiger partial charge on any atom is -0.391 e. The molecule has 0 aliphatic heterocycles. The number of benzene rings is 2. The van der Waals surface area contributed by atoms with Gasteiger partial charge in [0.2, 0.25) is 0 Å². The second kappa shape index (κ2) is 6.15. The predicted molar refractivity (Wildman–Crippen MR) is 74.5 cm³/mol.